The van der Waals surface area contributed by atoms with Crippen LogP contribution in [0.2, 0.25) is 5.02 Å². The molecule has 0 saturated carbocycles. The maximum atomic E-state index is 14.7. The van der Waals surface area contributed by atoms with Crippen molar-refractivity contribution < 1.29 is 51.3 Å². The van der Waals surface area contributed by atoms with E-state index in [4.69, 9.17) is 21.1 Å². The highest BCUT2D eigenvalue weighted by Crippen LogP contribution is 2.38. The number of hydrogen-bond acceptors (Lipinski definition) is 12. The van der Waals surface area contributed by atoms with Crippen molar-refractivity contribution in [1.29, 1.82) is 0 Å². The number of rotatable bonds is 12. The molecule has 2 fully saturated rings. The van der Waals surface area contributed by atoms with E-state index < -0.39 is 62.9 Å². The van der Waals surface area contributed by atoms with Gasteiger partial charge in [-0.1, -0.05) is 11.6 Å². The number of alkyl halides is 3. The van der Waals surface area contributed by atoms with E-state index in [0.717, 1.165) is 36.5 Å². The number of aromatic amines is 2. The van der Waals surface area contributed by atoms with Gasteiger partial charge in [-0.3, -0.25) is 33.8 Å². The summed E-state index contributed by atoms with van der Waals surface area (Å²) in [6.45, 7) is 0.175. The van der Waals surface area contributed by atoms with Crippen LogP contribution in [-0.4, -0.2) is 80.4 Å². The van der Waals surface area contributed by atoms with Crippen LogP contribution in [0.15, 0.2) is 64.6 Å². The molecule has 5 heterocycles. The maximum absolute atomic E-state index is 14.7. The molecule has 2 atom stereocenters. The highest BCUT2D eigenvalue weighted by molar-refractivity contribution is 6.30. The van der Waals surface area contributed by atoms with Crippen molar-refractivity contribution in [3.05, 3.63) is 109 Å². The summed E-state index contributed by atoms with van der Waals surface area (Å²) in [6.07, 6.45) is -1.10. The number of ether oxygens (including phenoxy) is 2. The van der Waals surface area contributed by atoms with E-state index in [1.807, 2.05) is 0 Å². The SMILES string of the molecule is O=C(C[C@@]1(C(=O)NCc2ncc(Nc3ccc(Cl)cc3C(F)(F)F)cc2F)CCOC1)c1cn[nH]c(=O)c1.O=C(C[C@@]1(C(=O)O)CCOC1)c1cn[nH]c(=O)c1. The average molecular weight is 806 g/mol. The maximum Gasteiger partial charge on any atom is 0.418 e. The molecule has 2 saturated heterocycles. The van der Waals surface area contributed by atoms with E-state index in [0.29, 0.717) is 13.0 Å². The number of carbonyl (C=O) groups excluding carboxylic acids is 3. The van der Waals surface area contributed by atoms with Gasteiger partial charge >= 0.3 is 12.1 Å². The molecule has 296 valence electrons. The van der Waals surface area contributed by atoms with Crippen LogP contribution in [0.3, 0.4) is 0 Å². The number of carbonyl (C=O) groups is 4. The Balaban J connectivity index is 0.000000278. The van der Waals surface area contributed by atoms with Crippen LogP contribution in [-0.2, 0) is 31.8 Å². The second-order valence-electron chi connectivity index (χ2n) is 13.0. The normalized spacial score (nSPS) is 19.1. The number of aromatic nitrogens is 5. The fourth-order valence-electron chi connectivity index (χ4n) is 5.90. The lowest BCUT2D eigenvalue weighted by Crippen LogP contribution is -2.43. The molecule has 21 heteroatoms. The predicted molar refractivity (Wildman–Crippen MR) is 187 cm³/mol. The molecule has 3 aromatic heterocycles. The molecule has 5 N–H and O–H groups in total. The highest BCUT2D eigenvalue weighted by atomic mass is 35.5. The minimum Gasteiger partial charge on any atom is -0.481 e. The standard InChI is InChI=1S/C24H20ClF4N5O4.C11H12N2O5/c25-14-1-2-18(16(6-14)24(27,28)29)33-15-7-17(26)19(30-10-15)11-31-22(37)23(3-4-38-12-23)8-20(35)13-5-21(36)34-32-9-13;14-8(7-3-9(15)13-12-5-7)4-11(10(16)17)1-2-18-6-11/h1-2,5-7,9-10,33H,3-4,8,11-12H2,(H,31,37)(H,34,36);3,5H,1-2,4,6H2,(H,13,15)(H,16,17)/t23-;11-/m00/s1. The van der Waals surface area contributed by atoms with Gasteiger partial charge in [-0.25, -0.2) is 14.6 Å². The molecule has 4 aromatic rings. The smallest absolute Gasteiger partial charge is 0.418 e. The number of hydrogen-bond donors (Lipinski definition) is 5. The summed E-state index contributed by atoms with van der Waals surface area (Å²) in [5, 5.41) is 25.5. The lowest BCUT2D eigenvalue weighted by molar-refractivity contribution is -0.148. The van der Waals surface area contributed by atoms with Gasteiger partial charge in [0.1, 0.15) is 11.2 Å². The van der Waals surface area contributed by atoms with Crippen molar-refractivity contribution in [2.75, 3.05) is 31.7 Å². The molecule has 6 rings (SSSR count). The lowest BCUT2D eigenvalue weighted by atomic mass is 9.80. The van der Waals surface area contributed by atoms with Crippen LogP contribution in [0.4, 0.5) is 28.9 Å². The number of nitrogens with zero attached hydrogens (tertiary/aromatic N) is 3. The molecule has 0 aliphatic carbocycles. The molecule has 1 amide bonds. The number of benzene rings is 1. The molecule has 0 bridgehead atoms. The summed E-state index contributed by atoms with van der Waals surface area (Å²) in [6, 6.07) is 6.25. The summed E-state index contributed by atoms with van der Waals surface area (Å²) in [5.74, 6) is -3.39. The van der Waals surface area contributed by atoms with Crippen molar-refractivity contribution >= 4 is 46.4 Å². The van der Waals surface area contributed by atoms with Gasteiger partial charge in [0.25, 0.3) is 11.1 Å². The van der Waals surface area contributed by atoms with Gasteiger partial charge in [0.2, 0.25) is 5.91 Å². The Kier molecular flexibility index (Phi) is 12.8. The number of amides is 1. The first-order valence-electron chi connectivity index (χ1n) is 16.6. The second kappa shape index (κ2) is 17.3. The fourth-order valence-corrected chi connectivity index (χ4v) is 6.08. The molecular weight excluding hydrogens is 774 g/mol. The fraction of sp³-hybridized carbons (Fsp3) is 0.343. The van der Waals surface area contributed by atoms with Crippen molar-refractivity contribution in [3.8, 4) is 0 Å². The predicted octanol–water partition coefficient (Wildman–Crippen LogP) is 3.85. The van der Waals surface area contributed by atoms with Crippen molar-refractivity contribution in [2.45, 2.75) is 38.4 Å². The van der Waals surface area contributed by atoms with Crippen LogP contribution >= 0.6 is 11.6 Å². The zero-order chi connectivity index (χ0) is 40.7. The van der Waals surface area contributed by atoms with Crippen LogP contribution < -0.4 is 21.8 Å². The Hall–Kier alpha value is -5.86. The second-order valence-corrected chi connectivity index (χ2v) is 13.4. The van der Waals surface area contributed by atoms with E-state index in [-0.39, 0.29) is 78.8 Å². The summed E-state index contributed by atoms with van der Waals surface area (Å²) < 4.78 is 65.1. The number of ketones is 2. The number of nitrogens with one attached hydrogen (secondary N) is 4. The van der Waals surface area contributed by atoms with Crippen molar-refractivity contribution in [3.63, 3.8) is 0 Å². The Morgan fingerprint density at radius 1 is 0.857 bits per heavy atom. The van der Waals surface area contributed by atoms with E-state index in [1.54, 1.807) is 0 Å². The Morgan fingerprint density at radius 3 is 1.93 bits per heavy atom. The first-order valence-corrected chi connectivity index (χ1v) is 17.0. The van der Waals surface area contributed by atoms with Gasteiger partial charge in [0.05, 0.1) is 66.4 Å². The molecule has 56 heavy (non-hydrogen) atoms. The van der Waals surface area contributed by atoms with Gasteiger partial charge in [0.15, 0.2) is 11.6 Å². The lowest BCUT2D eigenvalue weighted by Gasteiger charge is -2.25. The minimum atomic E-state index is -4.70. The van der Waals surface area contributed by atoms with E-state index in [9.17, 15) is 51.4 Å². The van der Waals surface area contributed by atoms with E-state index in [2.05, 4.69) is 36.0 Å². The molecule has 2 aliphatic rings. The van der Waals surface area contributed by atoms with Crippen molar-refractivity contribution in [2.24, 2.45) is 10.8 Å². The Bertz CT molecular complexity index is 2240. The molecule has 0 spiro atoms. The zero-order valence-electron chi connectivity index (χ0n) is 29.0. The largest absolute Gasteiger partial charge is 0.481 e. The van der Waals surface area contributed by atoms with Crippen LogP contribution in [0, 0.1) is 16.6 Å². The molecule has 1 aromatic carbocycles. The number of halogens is 5. The van der Waals surface area contributed by atoms with Gasteiger partial charge in [-0.05, 0) is 31.0 Å². The van der Waals surface area contributed by atoms with Gasteiger partial charge in [0, 0.05) is 60.4 Å². The van der Waals surface area contributed by atoms with Crippen LogP contribution in [0.5, 0.6) is 0 Å². The third-order valence-corrected chi connectivity index (χ3v) is 9.25. The number of H-pyrrole nitrogens is 2. The van der Waals surface area contributed by atoms with Crippen LogP contribution in [0.25, 0.3) is 0 Å². The quantitative estimate of drug-likeness (QED) is 0.101. The number of anilines is 2. The topological polar surface area (TPSA) is 235 Å². The summed E-state index contributed by atoms with van der Waals surface area (Å²) in [5.41, 5.74) is -4.92. The minimum absolute atomic E-state index is 0.0185. The first-order chi connectivity index (χ1) is 26.5. The van der Waals surface area contributed by atoms with Gasteiger partial charge < -0.3 is 25.2 Å². The molecule has 16 nitrogen and oxygen atoms in total. The number of aliphatic carboxylic acids is 1. The Morgan fingerprint density at radius 2 is 1.43 bits per heavy atom. The third kappa shape index (κ3) is 10.1. The van der Waals surface area contributed by atoms with Gasteiger partial charge in [-0.15, -0.1) is 0 Å². The molecular formula is C35H32ClF4N7O9. The number of carboxylic acids is 1. The number of pyridine rings is 1. The zero-order valence-corrected chi connectivity index (χ0v) is 29.8. The average Bonchev–Trinajstić information content (AvgIpc) is 3.83. The first kappa shape index (κ1) is 41.3. The van der Waals surface area contributed by atoms with E-state index in [1.165, 1.54) is 18.5 Å². The summed E-state index contributed by atoms with van der Waals surface area (Å²) in [4.78, 5) is 75.4. The monoisotopic (exact) mass is 805 g/mol. The molecule has 2 aliphatic heterocycles. The molecule has 0 unspecified atom stereocenters. The van der Waals surface area contributed by atoms with Crippen LogP contribution in [0.1, 0.15) is 57.7 Å². The van der Waals surface area contributed by atoms with Gasteiger partial charge in [-0.2, -0.15) is 23.4 Å². The highest BCUT2D eigenvalue weighted by Gasteiger charge is 2.45. The summed E-state index contributed by atoms with van der Waals surface area (Å²) >= 11 is 5.68. The Labute approximate surface area is 318 Å². The van der Waals surface area contributed by atoms with Crippen molar-refractivity contribution in [1.82, 2.24) is 30.7 Å². The summed E-state index contributed by atoms with van der Waals surface area (Å²) in [7, 11) is 0. The van der Waals surface area contributed by atoms with E-state index >= 15 is 0 Å². The molecule has 0 radical (unpaired) electrons. The number of Topliss-reactive ketones (excluding diaryl/α,β-unsaturated/α-hetero) is 2. The third-order valence-electron chi connectivity index (χ3n) is 9.01. The number of carboxylic acid groups (broad SMARTS) is 1.